The number of nitrogens with two attached hydrogens (primary N) is 1. The highest BCUT2D eigenvalue weighted by Gasteiger charge is 2.19. The highest BCUT2D eigenvalue weighted by molar-refractivity contribution is 9.10. The predicted octanol–water partition coefficient (Wildman–Crippen LogP) is 2.53. The average molecular weight is 373 g/mol. The third-order valence-corrected chi connectivity index (χ3v) is 5.14. The minimum absolute atomic E-state index is 0.0713. The first-order valence-electron chi connectivity index (χ1n) is 6.15. The normalized spacial score (nSPS) is 11.6. The maximum absolute atomic E-state index is 13.9. The van der Waals surface area contributed by atoms with Crippen molar-refractivity contribution in [3.8, 4) is 0 Å². The molecule has 3 N–H and O–H groups in total. The summed E-state index contributed by atoms with van der Waals surface area (Å²) in [5, 5.41) is 0. The number of hydrogen-bond donors (Lipinski definition) is 2. The number of halogens is 2. The van der Waals surface area contributed by atoms with Gasteiger partial charge in [0.05, 0.1) is 0 Å². The SMILES string of the molecule is NCc1ccc(S(=O)(=O)NCc2ccccc2Br)c(F)c1. The Hall–Kier alpha value is -1.28. The molecule has 2 aromatic rings. The van der Waals surface area contributed by atoms with E-state index in [1.54, 1.807) is 18.2 Å². The van der Waals surface area contributed by atoms with Gasteiger partial charge in [0.2, 0.25) is 10.0 Å². The van der Waals surface area contributed by atoms with Gasteiger partial charge in [0.25, 0.3) is 0 Å². The fourth-order valence-electron chi connectivity index (χ4n) is 1.78. The standard InChI is InChI=1S/C14H14BrFN2O2S/c15-12-4-2-1-3-11(12)9-18-21(19,20)14-6-5-10(8-17)7-13(14)16/h1-7,18H,8-9,17H2. The van der Waals surface area contributed by atoms with Gasteiger partial charge < -0.3 is 5.73 Å². The van der Waals surface area contributed by atoms with Crippen LogP contribution < -0.4 is 10.5 Å². The van der Waals surface area contributed by atoms with Crippen LogP contribution in [0.25, 0.3) is 0 Å². The third kappa shape index (κ3) is 3.88. The van der Waals surface area contributed by atoms with Crippen LogP contribution in [0.5, 0.6) is 0 Å². The third-order valence-electron chi connectivity index (χ3n) is 2.93. The number of hydrogen-bond acceptors (Lipinski definition) is 3. The molecule has 0 saturated carbocycles. The van der Waals surface area contributed by atoms with Crippen molar-refractivity contribution >= 4 is 26.0 Å². The van der Waals surface area contributed by atoms with Gasteiger partial charge in [-0.1, -0.05) is 40.2 Å². The van der Waals surface area contributed by atoms with Crippen molar-refractivity contribution in [2.24, 2.45) is 5.73 Å². The van der Waals surface area contributed by atoms with Gasteiger partial charge in [-0.25, -0.2) is 17.5 Å². The molecule has 0 aromatic heterocycles. The van der Waals surface area contributed by atoms with E-state index in [0.29, 0.717) is 5.56 Å². The second kappa shape index (κ2) is 6.65. The van der Waals surface area contributed by atoms with Gasteiger partial charge in [0.1, 0.15) is 10.7 Å². The lowest BCUT2D eigenvalue weighted by molar-refractivity contribution is 0.556. The second-order valence-corrected chi connectivity index (χ2v) is 6.97. The fraction of sp³-hybridized carbons (Fsp3) is 0.143. The van der Waals surface area contributed by atoms with Crippen LogP contribution in [0.2, 0.25) is 0 Å². The summed E-state index contributed by atoms with van der Waals surface area (Å²) in [4.78, 5) is -0.383. The summed E-state index contributed by atoms with van der Waals surface area (Å²) in [5.41, 5.74) is 6.70. The zero-order valence-electron chi connectivity index (χ0n) is 11.0. The van der Waals surface area contributed by atoms with E-state index >= 15 is 0 Å². The lowest BCUT2D eigenvalue weighted by Crippen LogP contribution is -2.24. The van der Waals surface area contributed by atoms with Crippen LogP contribution in [-0.2, 0) is 23.1 Å². The molecule has 0 aliphatic rings. The summed E-state index contributed by atoms with van der Waals surface area (Å²) in [7, 11) is -3.92. The van der Waals surface area contributed by atoms with E-state index in [2.05, 4.69) is 20.7 Å². The molecule has 0 bridgehead atoms. The van der Waals surface area contributed by atoms with Crippen molar-refractivity contribution < 1.29 is 12.8 Å². The Bertz CT molecular complexity index is 750. The second-order valence-electron chi connectivity index (χ2n) is 4.38. The van der Waals surface area contributed by atoms with Crippen molar-refractivity contribution in [2.45, 2.75) is 18.0 Å². The molecule has 0 fully saturated rings. The van der Waals surface area contributed by atoms with E-state index in [1.807, 2.05) is 6.07 Å². The van der Waals surface area contributed by atoms with E-state index in [9.17, 15) is 12.8 Å². The lowest BCUT2D eigenvalue weighted by Gasteiger charge is -2.09. The van der Waals surface area contributed by atoms with Crippen molar-refractivity contribution in [2.75, 3.05) is 0 Å². The van der Waals surface area contributed by atoms with E-state index in [1.165, 1.54) is 12.1 Å². The van der Waals surface area contributed by atoms with E-state index in [0.717, 1.165) is 16.1 Å². The van der Waals surface area contributed by atoms with Gasteiger partial charge >= 0.3 is 0 Å². The average Bonchev–Trinajstić information content (AvgIpc) is 2.46. The monoisotopic (exact) mass is 372 g/mol. The number of benzene rings is 2. The topological polar surface area (TPSA) is 72.2 Å². The first-order chi connectivity index (χ1) is 9.94. The zero-order chi connectivity index (χ0) is 15.5. The van der Waals surface area contributed by atoms with Crippen LogP contribution in [-0.4, -0.2) is 8.42 Å². The zero-order valence-corrected chi connectivity index (χ0v) is 13.4. The molecule has 21 heavy (non-hydrogen) atoms. The first-order valence-corrected chi connectivity index (χ1v) is 8.43. The van der Waals surface area contributed by atoms with Gasteiger partial charge in [0.15, 0.2) is 0 Å². The molecule has 0 aliphatic heterocycles. The Labute approximate surface area is 131 Å². The summed E-state index contributed by atoms with van der Waals surface area (Å²) in [6.07, 6.45) is 0. The highest BCUT2D eigenvalue weighted by atomic mass is 79.9. The molecule has 0 saturated heterocycles. The Morgan fingerprint density at radius 3 is 2.52 bits per heavy atom. The predicted molar refractivity (Wildman–Crippen MR) is 82.5 cm³/mol. The van der Waals surface area contributed by atoms with E-state index in [4.69, 9.17) is 5.73 Å². The summed E-state index contributed by atoms with van der Waals surface area (Å²) in [5.74, 6) is -0.808. The smallest absolute Gasteiger partial charge is 0.243 e. The number of sulfonamides is 1. The van der Waals surface area contributed by atoms with Crippen LogP contribution in [0.3, 0.4) is 0 Å². The van der Waals surface area contributed by atoms with Gasteiger partial charge in [0, 0.05) is 17.6 Å². The molecule has 7 heteroatoms. The van der Waals surface area contributed by atoms with Crippen LogP contribution in [0.15, 0.2) is 51.8 Å². The summed E-state index contributed by atoms with van der Waals surface area (Å²) in [6, 6.07) is 11.1. The Balaban J connectivity index is 2.21. The van der Waals surface area contributed by atoms with Crippen molar-refractivity contribution in [1.29, 1.82) is 0 Å². The lowest BCUT2D eigenvalue weighted by atomic mass is 10.2. The quantitative estimate of drug-likeness (QED) is 0.846. The molecule has 112 valence electrons. The van der Waals surface area contributed by atoms with Crippen LogP contribution in [0, 0.1) is 5.82 Å². The molecule has 0 radical (unpaired) electrons. The molecular formula is C14H14BrFN2O2S. The first kappa shape index (κ1) is 16.1. The largest absolute Gasteiger partial charge is 0.326 e. The van der Waals surface area contributed by atoms with Crippen molar-refractivity contribution in [1.82, 2.24) is 4.72 Å². The van der Waals surface area contributed by atoms with Gasteiger partial charge in [-0.3, -0.25) is 0 Å². The Morgan fingerprint density at radius 2 is 1.90 bits per heavy atom. The van der Waals surface area contributed by atoms with E-state index in [-0.39, 0.29) is 18.0 Å². The molecule has 2 rings (SSSR count). The van der Waals surface area contributed by atoms with Crippen molar-refractivity contribution in [3.05, 3.63) is 63.9 Å². The summed E-state index contributed by atoms with van der Waals surface area (Å²) in [6.45, 7) is 0.226. The highest BCUT2D eigenvalue weighted by Crippen LogP contribution is 2.19. The van der Waals surface area contributed by atoms with Gasteiger partial charge in [-0.15, -0.1) is 0 Å². The van der Waals surface area contributed by atoms with Crippen LogP contribution in [0.4, 0.5) is 4.39 Å². The maximum atomic E-state index is 13.9. The van der Waals surface area contributed by atoms with Crippen molar-refractivity contribution in [3.63, 3.8) is 0 Å². The molecule has 0 heterocycles. The molecule has 0 spiro atoms. The maximum Gasteiger partial charge on any atom is 0.243 e. The minimum Gasteiger partial charge on any atom is -0.326 e. The molecule has 2 aromatic carbocycles. The van der Waals surface area contributed by atoms with Gasteiger partial charge in [-0.2, -0.15) is 0 Å². The molecular weight excluding hydrogens is 359 g/mol. The van der Waals surface area contributed by atoms with Crippen LogP contribution in [0.1, 0.15) is 11.1 Å². The molecule has 0 unspecified atom stereocenters. The molecule has 0 atom stereocenters. The molecule has 0 aliphatic carbocycles. The Morgan fingerprint density at radius 1 is 1.19 bits per heavy atom. The van der Waals surface area contributed by atoms with E-state index < -0.39 is 15.8 Å². The van der Waals surface area contributed by atoms with Crippen LogP contribution >= 0.6 is 15.9 Å². The van der Waals surface area contributed by atoms with Gasteiger partial charge in [-0.05, 0) is 29.3 Å². The number of nitrogens with one attached hydrogen (secondary N) is 1. The Kier molecular flexibility index (Phi) is 5.10. The molecule has 4 nitrogen and oxygen atoms in total. The minimum atomic E-state index is -3.92. The fourth-order valence-corrected chi connectivity index (χ4v) is 3.27. The molecule has 0 amide bonds. The summed E-state index contributed by atoms with van der Waals surface area (Å²) >= 11 is 3.33. The summed E-state index contributed by atoms with van der Waals surface area (Å²) < 4.78 is 41.3. The number of rotatable bonds is 5.